The Balaban J connectivity index is 1.88. The number of hydrogen-bond acceptors (Lipinski definition) is 1. The summed E-state index contributed by atoms with van der Waals surface area (Å²) in [7, 11) is 0. The lowest BCUT2D eigenvalue weighted by molar-refractivity contribution is -0.127. The second kappa shape index (κ2) is 3.86. The van der Waals surface area contributed by atoms with E-state index in [1.165, 1.54) is 38.2 Å². The molecular weight excluding hydrogens is 210 g/mol. The number of carbonyl (C=O) groups is 1. The molecule has 0 heterocycles. The smallest absolute Gasteiger partial charge is 0.243 e. The molecule has 4 rings (SSSR count). The summed E-state index contributed by atoms with van der Waals surface area (Å²) in [6.45, 7) is 5.84. The monoisotopic (exact) mass is 233 g/mol. The highest BCUT2D eigenvalue weighted by atomic mass is 16.1. The van der Waals surface area contributed by atoms with Crippen LogP contribution in [0, 0.1) is 23.7 Å². The van der Waals surface area contributed by atoms with E-state index in [1.54, 1.807) is 0 Å². The summed E-state index contributed by atoms with van der Waals surface area (Å²) in [4.78, 5) is 11.7. The number of carbonyl (C=O) groups excluding carboxylic acids is 1. The highest BCUT2D eigenvalue weighted by Crippen LogP contribution is 2.59. The lowest BCUT2D eigenvalue weighted by Crippen LogP contribution is -2.65. The Labute approximate surface area is 104 Å². The summed E-state index contributed by atoms with van der Waals surface area (Å²) in [6, 6.07) is 0. The summed E-state index contributed by atoms with van der Waals surface area (Å²) in [5, 5.41) is 3.32. The summed E-state index contributed by atoms with van der Waals surface area (Å²) in [6.07, 6.45) is 9.36. The van der Waals surface area contributed by atoms with E-state index in [-0.39, 0.29) is 11.4 Å². The molecule has 2 nitrogen and oxygen atoms in total. The summed E-state index contributed by atoms with van der Waals surface area (Å²) < 4.78 is 0. The third-order valence-corrected chi connectivity index (χ3v) is 5.72. The molecule has 0 radical (unpaired) electrons. The van der Waals surface area contributed by atoms with Crippen LogP contribution in [0.15, 0.2) is 12.7 Å². The van der Waals surface area contributed by atoms with E-state index in [0.717, 1.165) is 30.1 Å². The summed E-state index contributed by atoms with van der Waals surface area (Å²) in [5.41, 5.74) is 0.0959. The molecule has 4 aliphatic rings. The van der Waals surface area contributed by atoms with Crippen LogP contribution in [0.25, 0.3) is 0 Å². The van der Waals surface area contributed by atoms with E-state index in [1.807, 2.05) is 0 Å². The first-order valence-corrected chi connectivity index (χ1v) is 7.12. The van der Waals surface area contributed by atoms with E-state index in [0.29, 0.717) is 0 Å². The molecule has 4 fully saturated rings. The van der Waals surface area contributed by atoms with Crippen LogP contribution in [0.4, 0.5) is 0 Å². The van der Waals surface area contributed by atoms with Crippen LogP contribution < -0.4 is 5.32 Å². The van der Waals surface area contributed by atoms with Gasteiger partial charge in [-0.15, -0.1) is 0 Å². The maximum atomic E-state index is 11.7. The van der Waals surface area contributed by atoms with Gasteiger partial charge in [-0.1, -0.05) is 13.5 Å². The van der Waals surface area contributed by atoms with E-state index in [4.69, 9.17) is 0 Å². The van der Waals surface area contributed by atoms with Gasteiger partial charge in [0.2, 0.25) is 5.91 Å². The van der Waals surface area contributed by atoms with Crippen molar-refractivity contribution >= 4 is 5.91 Å². The van der Waals surface area contributed by atoms with Crippen molar-refractivity contribution in [3.8, 4) is 0 Å². The molecule has 4 bridgehead atoms. The molecule has 0 saturated heterocycles. The minimum atomic E-state index is 0.0272. The van der Waals surface area contributed by atoms with E-state index in [2.05, 4.69) is 18.8 Å². The van der Waals surface area contributed by atoms with Crippen molar-refractivity contribution in [1.29, 1.82) is 0 Å². The molecule has 4 saturated carbocycles. The Kier molecular flexibility index (Phi) is 2.57. The highest BCUT2D eigenvalue weighted by Gasteiger charge is 2.56. The summed E-state index contributed by atoms with van der Waals surface area (Å²) in [5.74, 6) is 3.40. The fourth-order valence-corrected chi connectivity index (χ4v) is 5.18. The number of hydrogen-bond donors (Lipinski definition) is 1. The zero-order valence-electron chi connectivity index (χ0n) is 10.7. The van der Waals surface area contributed by atoms with Gasteiger partial charge in [-0.25, -0.2) is 0 Å². The van der Waals surface area contributed by atoms with Crippen LogP contribution in [0.3, 0.4) is 0 Å². The lowest BCUT2D eigenvalue weighted by Gasteiger charge is -2.61. The van der Waals surface area contributed by atoms with Crippen LogP contribution in [0.5, 0.6) is 0 Å². The van der Waals surface area contributed by atoms with Gasteiger partial charge in [-0.3, -0.25) is 4.79 Å². The average molecular weight is 233 g/mol. The van der Waals surface area contributed by atoms with Crippen molar-refractivity contribution in [2.24, 2.45) is 23.7 Å². The molecule has 0 aromatic carbocycles. The predicted octanol–water partition coefficient (Wildman–Crippen LogP) is 2.89. The predicted molar refractivity (Wildman–Crippen MR) is 68.4 cm³/mol. The van der Waals surface area contributed by atoms with Gasteiger partial charge in [-0.05, 0) is 68.3 Å². The van der Waals surface area contributed by atoms with Gasteiger partial charge in [0, 0.05) is 5.54 Å². The third kappa shape index (κ3) is 1.56. The molecule has 17 heavy (non-hydrogen) atoms. The molecule has 0 unspecified atom stereocenters. The molecule has 0 aromatic heterocycles. The topological polar surface area (TPSA) is 29.1 Å². The van der Waals surface area contributed by atoms with Gasteiger partial charge in [0.15, 0.2) is 0 Å². The van der Waals surface area contributed by atoms with E-state index >= 15 is 0 Å². The molecule has 2 heteroatoms. The minimum absolute atomic E-state index is 0.0272. The van der Waals surface area contributed by atoms with Gasteiger partial charge in [0.1, 0.15) is 0 Å². The van der Waals surface area contributed by atoms with Crippen LogP contribution in [0.1, 0.15) is 45.4 Å². The zero-order chi connectivity index (χ0) is 12.0. The van der Waals surface area contributed by atoms with Gasteiger partial charge in [-0.2, -0.15) is 0 Å². The molecule has 0 aliphatic heterocycles. The van der Waals surface area contributed by atoms with Crippen LogP contribution in [0.2, 0.25) is 0 Å². The number of rotatable bonds is 3. The third-order valence-electron chi connectivity index (χ3n) is 5.72. The number of nitrogens with one attached hydrogen (secondary N) is 1. The van der Waals surface area contributed by atoms with Gasteiger partial charge >= 0.3 is 0 Å². The molecule has 4 aliphatic carbocycles. The Morgan fingerprint density at radius 3 is 2.18 bits per heavy atom. The van der Waals surface area contributed by atoms with Crippen molar-refractivity contribution in [2.45, 2.75) is 51.0 Å². The quantitative estimate of drug-likeness (QED) is 0.746. The highest BCUT2D eigenvalue weighted by molar-refractivity contribution is 5.87. The van der Waals surface area contributed by atoms with Crippen LogP contribution in [-0.4, -0.2) is 11.4 Å². The van der Waals surface area contributed by atoms with Crippen molar-refractivity contribution in [2.75, 3.05) is 0 Å². The molecule has 0 spiro atoms. The molecule has 1 amide bonds. The maximum Gasteiger partial charge on any atom is 0.243 e. The second-order valence-electron chi connectivity index (χ2n) is 6.39. The minimum Gasteiger partial charge on any atom is -0.347 e. The van der Waals surface area contributed by atoms with Gasteiger partial charge in [0.25, 0.3) is 0 Å². The molecule has 0 aromatic rings. The van der Waals surface area contributed by atoms with Crippen molar-refractivity contribution in [1.82, 2.24) is 5.32 Å². The van der Waals surface area contributed by atoms with Crippen molar-refractivity contribution in [3.05, 3.63) is 12.7 Å². The van der Waals surface area contributed by atoms with E-state index < -0.39 is 0 Å². The van der Waals surface area contributed by atoms with Crippen LogP contribution >= 0.6 is 0 Å². The summed E-state index contributed by atoms with van der Waals surface area (Å²) >= 11 is 0. The molecule has 1 N–H and O–H groups in total. The Bertz CT molecular complexity index is 319. The fourth-order valence-electron chi connectivity index (χ4n) is 5.18. The lowest BCUT2D eigenvalue weighted by atomic mass is 9.48. The largest absolute Gasteiger partial charge is 0.347 e. The first-order chi connectivity index (χ1) is 8.18. The molecular formula is C15H23NO. The van der Waals surface area contributed by atoms with Crippen molar-refractivity contribution < 1.29 is 4.79 Å². The second-order valence-corrected chi connectivity index (χ2v) is 6.39. The van der Waals surface area contributed by atoms with Crippen molar-refractivity contribution in [3.63, 3.8) is 0 Å². The fraction of sp³-hybridized carbons (Fsp3) is 0.800. The number of amides is 1. The first-order valence-electron chi connectivity index (χ1n) is 7.12. The first kappa shape index (κ1) is 11.3. The molecule has 94 valence electrons. The Morgan fingerprint density at radius 1 is 1.24 bits per heavy atom. The molecule has 0 atom stereocenters. The Morgan fingerprint density at radius 2 is 1.76 bits per heavy atom. The van der Waals surface area contributed by atoms with Gasteiger partial charge < -0.3 is 5.32 Å². The van der Waals surface area contributed by atoms with E-state index in [9.17, 15) is 4.79 Å². The standard InChI is InChI=1S/C15H23NO/c1-3-14(17)16-15(4-2)12-6-10-5-11(8-12)9-13(15)7-10/h3,10-13H,1,4-9H2,2H3,(H,16,17). The average Bonchev–Trinajstić information content (AvgIpc) is 2.33. The van der Waals surface area contributed by atoms with Gasteiger partial charge in [0.05, 0.1) is 0 Å². The zero-order valence-corrected chi connectivity index (χ0v) is 10.7. The SMILES string of the molecule is C=CC(=O)NC1(CC)C2CC3CC(C2)CC1C3. The van der Waals surface area contributed by atoms with Crippen LogP contribution in [-0.2, 0) is 4.79 Å². The maximum absolute atomic E-state index is 11.7. The normalized spacial score (nSPS) is 46.9. The Hall–Kier alpha value is -0.790.